The zero-order chi connectivity index (χ0) is 13.3. The van der Waals surface area contributed by atoms with Crippen LogP contribution < -0.4 is 0 Å². The molecular weight excluding hydrogens is 228 g/mol. The summed E-state index contributed by atoms with van der Waals surface area (Å²) in [4.78, 5) is 11.6. The van der Waals surface area contributed by atoms with Crippen LogP contribution in [0.4, 0.5) is 0 Å². The van der Waals surface area contributed by atoms with Crippen LogP contribution in [0.1, 0.15) is 46.5 Å². The monoisotopic (exact) mass is 248 g/mol. The molecule has 0 unspecified atom stereocenters. The van der Waals surface area contributed by atoms with Gasteiger partial charge in [-0.1, -0.05) is 23.3 Å². The molecule has 1 aliphatic carbocycles. The highest BCUT2D eigenvalue weighted by atomic mass is 16.7. The molecule has 0 fully saturated rings. The molecule has 0 saturated heterocycles. The summed E-state index contributed by atoms with van der Waals surface area (Å²) in [6, 6.07) is 0. The number of aliphatic hydroxyl groups is 1. The lowest BCUT2D eigenvalue weighted by molar-refractivity contribution is -0.180. The van der Waals surface area contributed by atoms with Crippen LogP contribution in [0.3, 0.4) is 0 Å². The molecule has 0 radical (unpaired) electrons. The van der Waals surface area contributed by atoms with Crippen molar-refractivity contribution in [1.29, 1.82) is 0 Å². The largest absolute Gasteiger partial charge is 0.425 e. The molecule has 0 aromatic carbocycles. The van der Waals surface area contributed by atoms with Crippen molar-refractivity contribution in [1.82, 2.24) is 0 Å². The van der Waals surface area contributed by atoms with Gasteiger partial charge in [0.05, 0.1) is 0 Å². The predicted molar refractivity (Wildman–Crippen MR) is 69.7 cm³/mol. The molecule has 2 aliphatic rings. The highest BCUT2D eigenvalue weighted by molar-refractivity contribution is 5.92. The highest BCUT2D eigenvalue weighted by Crippen LogP contribution is 2.37. The number of allylic oxidation sites excluding steroid dienone is 3. The van der Waals surface area contributed by atoms with Gasteiger partial charge in [0.25, 0.3) is 0 Å². The van der Waals surface area contributed by atoms with Crippen molar-refractivity contribution in [3.8, 4) is 0 Å². The van der Waals surface area contributed by atoms with Gasteiger partial charge in [0.15, 0.2) is 0 Å². The van der Waals surface area contributed by atoms with E-state index in [9.17, 15) is 9.90 Å². The van der Waals surface area contributed by atoms with E-state index in [2.05, 4.69) is 13.0 Å². The van der Waals surface area contributed by atoms with Crippen LogP contribution in [0.25, 0.3) is 0 Å². The Kier molecular flexibility index (Phi) is 3.44. The lowest BCUT2D eigenvalue weighted by atomic mass is 9.92. The van der Waals surface area contributed by atoms with Gasteiger partial charge in [0, 0.05) is 17.6 Å². The average Bonchev–Trinajstić information content (AvgIpc) is 2.53. The van der Waals surface area contributed by atoms with Gasteiger partial charge in [0.1, 0.15) is 0 Å². The predicted octanol–water partition coefficient (Wildman–Crippen LogP) is 3.01. The van der Waals surface area contributed by atoms with Crippen molar-refractivity contribution in [2.24, 2.45) is 0 Å². The van der Waals surface area contributed by atoms with Gasteiger partial charge in [-0.05, 0) is 40.0 Å². The van der Waals surface area contributed by atoms with Crippen molar-refractivity contribution >= 4 is 5.97 Å². The molecule has 3 heteroatoms. The minimum atomic E-state index is -1.43. The van der Waals surface area contributed by atoms with Crippen LogP contribution >= 0.6 is 0 Å². The van der Waals surface area contributed by atoms with Crippen molar-refractivity contribution in [3.05, 3.63) is 34.4 Å². The van der Waals surface area contributed by atoms with Crippen LogP contribution in [-0.2, 0) is 9.53 Å². The van der Waals surface area contributed by atoms with E-state index in [1.165, 1.54) is 11.1 Å². The van der Waals surface area contributed by atoms with E-state index in [-0.39, 0.29) is 0 Å². The fraction of sp³-hybridized carbons (Fsp3) is 0.533. The van der Waals surface area contributed by atoms with E-state index in [0.717, 1.165) is 12.8 Å². The molecule has 2 rings (SSSR count). The first-order valence-electron chi connectivity index (χ1n) is 6.39. The second kappa shape index (κ2) is 4.73. The fourth-order valence-corrected chi connectivity index (χ4v) is 2.37. The first-order valence-corrected chi connectivity index (χ1v) is 6.39. The molecule has 0 saturated carbocycles. The minimum Gasteiger partial charge on any atom is -0.425 e. The maximum Gasteiger partial charge on any atom is 0.336 e. The third-order valence-corrected chi connectivity index (χ3v) is 3.79. The Morgan fingerprint density at radius 2 is 1.78 bits per heavy atom. The molecule has 0 spiro atoms. The van der Waals surface area contributed by atoms with E-state index in [0.29, 0.717) is 24.0 Å². The van der Waals surface area contributed by atoms with Crippen LogP contribution in [0.2, 0.25) is 0 Å². The van der Waals surface area contributed by atoms with Gasteiger partial charge in [-0.3, -0.25) is 0 Å². The summed E-state index contributed by atoms with van der Waals surface area (Å²) in [5.41, 5.74) is 3.76. The third-order valence-electron chi connectivity index (χ3n) is 3.79. The maximum absolute atomic E-state index is 11.6. The first kappa shape index (κ1) is 13.1. The normalized spacial score (nSPS) is 35.2. The van der Waals surface area contributed by atoms with E-state index < -0.39 is 11.8 Å². The smallest absolute Gasteiger partial charge is 0.336 e. The number of fused-ring (bicyclic) bond motifs is 1. The average molecular weight is 248 g/mol. The summed E-state index contributed by atoms with van der Waals surface area (Å²) in [6.45, 7) is 5.86. The molecule has 0 aromatic heterocycles. The number of esters is 1. The molecule has 0 aromatic rings. The number of rotatable bonds is 0. The molecule has 1 N–H and O–H groups in total. The second-order valence-corrected chi connectivity index (χ2v) is 5.29. The molecule has 98 valence electrons. The molecule has 0 amide bonds. The quantitative estimate of drug-likeness (QED) is 0.529. The Hall–Kier alpha value is -1.35. The lowest BCUT2D eigenvalue weighted by Gasteiger charge is -2.24. The fourth-order valence-electron chi connectivity index (χ4n) is 2.37. The Bertz CT molecular complexity index is 468. The van der Waals surface area contributed by atoms with Crippen molar-refractivity contribution in [2.45, 2.75) is 52.2 Å². The van der Waals surface area contributed by atoms with Crippen LogP contribution in [0.15, 0.2) is 34.4 Å². The summed E-state index contributed by atoms with van der Waals surface area (Å²) < 4.78 is 5.15. The Balaban J connectivity index is 2.40. The molecule has 1 aliphatic heterocycles. The van der Waals surface area contributed by atoms with Crippen LogP contribution in [0, 0.1) is 0 Å². The Morgan fingerprint density at radius 1 is 1.17 bits per heavy atom. The number of hydrogen-bond acceptors (Lipinski definition) is 3. The number of carbonyl (C=O) groups is 1. The molecular formula is C15H20O3. The highest BCUT2D eigenvalue weighted by Gasteiger charge is 2.43. The molecule has 1 atom stereocenters. The van der Waals surface area contributed by atoms with Gasteiger partial charge in [-0.25, -0.2) is 4.79 Å². The lowest BCUT2D eigenvalue weighted by Crippen LogP contribution is -2.31. The first-order chi connectivity index (χ1) is 8.42. The summed E-state index contributed by atoms with van der Waals surface area (Å²) in [7, 11) is 0. The number of carbonyl (C=O) groups excluding carboxylic acids is 1. The Morgan fingerprint density at radius 3 is 2.44 bits per heavy atom. The van der Waals surface area contributed by atoms with Gasteiger partial charge < -0.3 is 9.84 Å². The van der Waals surface area contributed by atoms with Gasteiger partial charge in [-0.2, -0.15) is 0 Å². The van der Waals surface area contributed by atoms with Gasteiger partial charge in [0.2, 0.25) is 5.79 Å². The van der Waals surface area contributed by atoms with Crippen molar-refractivity contribution in [2.75, 3.05) is 0 Å². The van der Waals surface area contributed by atoms with E-state index in [4.69, 9.17) is 4.74 Å². The standard InChI is InChI=1S/C15H20O3/c1-10-4-5-11(2)8-9-15(17)13(7-6-10)12(3)14(16)18-15/h6,8,17H,4-5,7,9H2,1-3H3/b10-6+,11-8+/t15-/m1/s1. The summed E-state index contributed by atoms with van der Waals surface area (Å²) in [6.07, 6.45) is 7.03. The van der Waals surface area contributed by atoms with Crippen molar-refractivity contribution < 1.29 is 14.6 Å². The van der Waals surface area contributed by atoms with E-state index >= 15 is 0 Å². The summed E-state index contributed by atoms with van der Waals surface area (Å²) in [5.74, 6) is -1.83. The summed E-state index contributed by atoms with van der Waals surface area (Å²) in [5, 5.41) is 10.5. The molecule has 1 heterocycles. The number of hydrogen-bond donors (Lipinski definition) is 1. The van der Waals surface area contributed by atoms with E-state index in [1.54, 1.807) is 6.92 Å². The molecule has 18 heavy (non-hydrogen) atoms. The van der Waals surface area contributed by atoms with E-state index in [1.807, 2.05) is 13.0 Å². The zero-order valence-corrected chi connectivity index (χ0v) is 11.2. The maximum atomic E-state index is 11.6. The van der Waals surface area contributed by atoms with Gasteiger partial charge >= 0.3 is 5.97 Å². The minimum absolute atomic E-state index is 0.351. The third kappa shape index (κ3) is 2.41. The summed E-state index contributed by atoms with van der Waals surface area (Å²) >= 11 is 0. The Labute approximate surface area is 108 Å². The second-order valence-electron chi connectivity index (χ2n) is 5.29. The topological polar surface area (TPSA) is 46.5 Å². The van der Waals surface area contributed by atoms with Gasteiger partial charge in [-0.15, -0.1) is 0 Å². The van der Waals surface area contributed by atoms with Crippen molar-refractivity contribution in [3.63, 3.8) is 0 Å². The van der Waals surface area contributed by atoms with Crippen LogP contribution in [-0.4, -0.2) is 16.9 Å². The van der Waals surface area contributed by atoms with Crippen LogP contribution in [0.5, 0.6) is 0 Å². The molecule has 0 bridgehead atoms. The molecule has 3 nitrogen and oxygen atoms in total. The number of ether oxygens (including phenoxy) is 1. The SMILES string of the molecule is CC1=C2C/C=C(\C)CC/C(C)=C/C[C@@]2(O)OC1=O. The zero-order valence-electron chi connectivity index (χ0n) is 11.2.